The maximum Gasteiger partial charge on any atom is 0.289 e. The zero-order valence-electron chi connectivity index (χ0n) is 14.9. The number of anilines is 2. The SMILES string of the molecule is O=C(CCc1ccccc1)Nc1nc(C(=O)Nc2ccc(Cl)c([N+](=O)[O-])c2)cs1. The van der Waals surface area contributed by atoms with E-state index in [4.69, 9.17) is 11.6 Å². The predicted molar refractivity (Wildman–Crippen MR) is 112 cm³/mol. The zero-order chi connectivity index (χ0) is 20.8. The van der Waals surface area contributed by atoms with Gasteiger partial charge in [-0.05, 0) is 24.1 Å². The van der Waals surface area contributed by atoms with Gasteiger partial charge in [0.05, 0.1) is 4.92 Å². The molecule has 0 unspecified atom stereocenters. The minimum atomic E-state index is -0.635. The van der Waals surface area contributed by atoms with Crippen molar-refractivity contribution in [3.05, 3.63) is 80.3 Å². The molecule has 0 fully saturated rings. The molecule has 0 saturated heterocycles. The molecular weight excluding hydrogens is 416 g/mol. The first-order valence-corrected chi connectivity index (χ1v) is 9.73. The number of amides is 2. The van der Waals surface area contributed by atoms with Crippen LogP contribution >= 0.6 is 22.9 Å². The number of hydrogen-bond donors (Lipinski definition) is 2. The van der Waals surface area contributed by atoms with Crippen LogP contribution in [-0.2, 0) is 11.2 Å². The number of benzene rings is 2. The molecule has 2 N–H and O–H groups in total. The van der Waals surface area contributed by atoms with Gasteiger partial charge in [-0.1, -0.05) is 41.9 Å². The fourth-order valence-corrected chi connectivity index (χ4v) is 3.34. The molecule has 29 heavy (non-hydrogen) atoms. The van der Waals surface area contributed by atoms with Crippen LogP contribution in [0.15, 0.2) is 53.9 Å². The highest BCUT2D eigenvalue weighted by atomic mass is 35.5. The lowest BCUT2D eigenvalue weighted by molar-refractivity contribution is -0.384. The fraction of sp³-hybridized carbons (Fsp3) is 0.105. The monoisotopic (exact) mass is 430 g/mol. The standard InChI is InChI=1S/C19H15ClN4O4S/c20-14-8-7-13(10-16(14)24(27)28)21-18(26)15-11-29-19(22-15)23-17(25)9-6-12-4-2-1-3-5-12/h1-5,7-8,10-11H,6,9H2,(H,21,26)(H,22,23,25). The summed E-state index contributed by atoms with van der Waals surface area (Å²) in [4.78, 5) is 38.8. The quantitative estimate of drug-likeness (QED) is 0.422. The molecule has 0 aliphatic heterocycles. The van der Waals surface area contributed by atoms with Gasteiger partial charge >= 0.3 is 0 Å². The maximum atomic E-state index is 12.3. The Morgan fingerprint density at radius 2 is 1.90 bits per heavy atom. The van der Waals surface area contributed by atoms with Crippen molar-refractivity contribution in [3.8, 4) is 0 Å². The Balaban J connectivity index is 1.58. The van der Waals surface area contributed by atoms with Crippen LogP contribution in [0.1, 0.15) is 22.5 Å². The van der Waals surface area contributed by atoms with Crippen molar-refractivity contribution in [3.63, 3.8) is 0 Å². The number of hydrogen-bond acceptors (Lipinski definition) is 6. The Hall–Kier alpha value is -3.30. The summed E-state index contributed by atoms with van der Waals surface area (Å²) in [6, 6.07) is 13.6. The van der Waals surface area contributed by atoms with Gasteiger partial charge in [0, 0.05) is 23.6 Å². The van der Waals surface area contributed by atoms with Gasteiger partial charge < -0.3 is 10.6 Å². The van der Waals surface area contributed by atoms with E-state index in [2.05, 4.69) is 15.6 Å². The highest BCUT2D eigenvalue weighted by Crippen LogP contribution is 2.27. The van der Waals surface area contributed by atoms with E-state index in [1.54, 1.807) is 0 Å². The van der Waals surface area contributed by atoms with Gasteiger partial charge in [0.1, 0.15) is 10.7 Å². The van der Waals surface area contributed by atoms with Crippen LogP contribution in [0, 0.1) is 10.1 Å². The molecule has 1 heterocycles. The Labute approximate surface area is 174 Å². The zero-order valence-corrected chi connectivity index (χ0v) is 16.5. The number of nitrogens with one attached hydrogen (secondary N) is 2. The first-order valence-electron chi connectivity index (χ1n) is 8.47. The van der Waals surface area contributed by atoms with Gasteiger partial charge in [0.15, 0.2) is 5.13 Å². The third kappa shape index (κ3) is 5.59. The number of nitrogens with zero attached hydrogens (tertiary/aromatic N) is 2. The van der Waals surface area contributed by atoms with Crippen LogP contribution in [0.3, 0.4) is 0 Å². The summed E-state index contributed by atoms with van der Waals surface area (Å²) in [7, 11) is 0. The van der Waals surface area contributed by atoms with E-state index in [0.29, 0.717) is 18.0 Å². The van der Waals surface area contributed by atoms with Crippen LogP contribution in [-0.4, -0.2) is 21.7 Å². The third-order valence-electron chi connectivity index (χ3n) is 3.87. The molecule has 0 bridgehead atoms. The van der Waals surface area contributed by atoms with E-state index >= 15 is 0 Å². The number of nitro benzene ring substituents is 1. The van der Waals surface area contributed by atoms with Crippen molar-refractivity contribution >= 4 is 51.3 Å². The topological polar surface area (TPSA) is 114 Å². The lowest BCUT2D eigenvalue weighted by Crippen LogP contribution is -2.14. The number of carbonyl (C=O) groups is 2. The highest BCUT2D eigenvalue weighted by molar-refractivity contribution is 7.14. The highest BCUT2D eigenvalue weighted by Gasteiger charge is 2.16. The molecule has 8 nitrogen and oxygen atoms in total. The van der Waals surface area contributed by atoms with Crippen molar-refractivity contribution in [2.75, 3.05) is 10.6 Å². The number of carbonyl (C=O) groups excluding carboxylic acids is 2. The van der Waals surface area contributed by atoms with E-state index in [0.717, 1.165) is 16.9 Å². The van der Waals surface area contributed by atoms with Gasteiger partial charge in [-0.15, -0.1) is 11.3 Å². The molecule has 0 saturated carbocycles. The molecule has 0 spiro atoms. The molecule has 3 aromatic rings. The first kappa shape index (κ1) is 20.4. The number of thiazole rings is 1. The minimum absolute atomic E-state index is 0.0258. The second-order valence-corrected chi connectivity index (χ2v) is 7.21. The van der Waals surface area contributed by atoms with Crippen molar-refractivity contribution in [1.82, 2.24) is 4.98 Å². The molecule has 1 aromatic heterocycles. The van der Waals surface area contributed by atoms with E-state index < -0.39 is 10.8 Å². The Kier molecular flexibility index (Phi) is 6.53. The van der Waals surface area contributed by atoms with Crippen molar-refractivity contribution in [2.24, 2.45) is 0 Å². The summed E-state index contributed by atoms with van der Waals surface area (Å²) in [5.41, 5.74) is 1.05. The Morgan fingerprint density at radius 1 is 1.14 bits per heavy atom. The van der Waals surface area contributed by atoms with E-state index in [-0.39, 0.29) is 28.0 Å². The molecular formula is C19H15ClN4O4S. The van der Waals surface area contributed by atoms with Crippen molar-refractivity contribution < 1.29 is 14.5 Å². The molecule has 0 aliphatic carbocycles. The van der Waals surface area contributed by atoms with Crippen molar-refractivity contribution in [1.29, 1.82) is 0 Å². The van der Waals surface area contributed by atoms with Crippen LogP contribution in [0.2, 0.25) is 5.02 Å². The first-order chi connectivity index (χ1) is 13.9. The van der Waals surface area contributed by atoms with Crippen LogP contribution in [0.5, 0.6) is 0 Å². The second kappa shape index (κ2) is 9.26. The summed E-state index contributed by atoms with van der Waals surface area (Å²) < 4.78 is 0. The normalized spacial score (nSPS) is 10.4. The molecule has 0 atom stereocenters. The van der Waals surface area contributed by atoms with Gasteiger partial charge in [0.2, 0.25) is 5.91 Å². The average molecular weight is 431 g/mol. The lowest BCUT2D eigenvalue weighted by Gasteiger charge is -2.04. The number of halogens is 1. The summed E-state index contributed by atoms with van der Waals surface area (Å²) in [6.07, 6.45) is 0.889. The number of aryl methyl sites for hydroxylation is 1. The molecule has 2 amide bonds. The third-order valence-corrected chi connectivity index (χ3v) is 4.94. The summed E-state index contributed by atoms with van der Waals surface area (Å²) in [6.45, 7) is 0. The molecule has 10 heteroatoms. The van der Waals surface area contributed by atoms with Gasteiger partial charge in [-0.3, -0.25) is 19.7 Å². The summed E-state index contributed by atoms with van der Waals surface area (Å²) in [5.74, 6) is -0.758. The second-order valence-electron chi connectivity index (χ2n) is 5.95. The van der Waals surface area contributed by atoms with Gasteiger partial charge in [0.25, 0.3) is 11.6 Å². The molecule has 0 radical (unpaired) electrons. The lowest BCUT2D eigenvalue weighted by atomic mass is 10.1. The predicted octanol–water partition coefficient (Wildman–Crippen LogP) is 4.53. The largest absolute Gasteiger partial charge is 0.320 e. The Bertz CT molecular complexity index is 1060. The van der Waals surface area contributed by atoms with E-state index in [1.807, 2.05) is 30.3 Å². The molecule has 2 aromatic carbocycles. The van der Waals surface area contributed by atoms with Crippen LogP contribution < -0.4 is 10.6 Å². The molecule has 0 aliphatic rings. The molecule has 148 valence electrons. The molecule has 3 rings (SSSR count). The van der Waals surface area contributed by atoms with Gasteiger partial charge in [-0.2, -0.15) is 0 Å². The number of aromatic nitrogens is 1. The maximum absolute atomic E-state index is 12.3. The number of nitro groups is 1. The van der Waals surface area contributed by atoms with Gasteiger partial charge in [-0.25, -0.2) is 4.98 Å². The Morgan fingerprint density at radius 3 is 2.62 bits per heavy atom. The van der Waals surface area contributed by atoms with Crippen LogP contribution in [0.4, 0.5) is 16.5 Å². The fourth-order valence-electron chi connectivity index (χ4n) is 2.45. The smallest absolute Gasteiger partial charge is 0.289 e. The van der Waals surface area contributed by atoms with E-state index in [9.17, 15) is 19.7 Å². The van der Waals surface area contributed by atoms with E-state index in [1.165, 1.54) is 23.6 Å². The number of rotatable bonds is 7. The van der Waals surface area contributed by atoms with Crippen LogP contribution in [0.25, 0.3) is 0 Å². The summed E-state index contributed by atoms with van der Waals surface area (Å²) in [5, 5.41) is 17.9. The average Bonchev–Trinajstić information content (AvgIpc) is 3.17. The minimum Gasteiger partial charge on any atom is -0.320 e. The summed E-state index contributed by atoms with van der Waals surface area (Å²) >= 11 is 6.87. The van der Waals surface area contributed by atoms with Crippen molar-refractivity contribution in [2.45, 2.75) is 12.8 Å².